The number of sulfonamides is 1. The van der Waals surface area contributed by atoms with Crippen LogP contribution in [0.25, 0.3) is 0 Å². The lowest BCUT2D eigenvalue weighted by atomic mass is 10.0. The number of hydrogen-bond acceptors (Lipinski definition) is 4. The van der Waals surface area contributed by atoms with E-state index in [-0.39, 0.29) is 24.1 Å². The van der Waals surface area contributed by atoms with E-state index >= 15 is 0 Å². The molecular weight excluding hydrogens is 218 g/mol. The largest absolute Gasteiger partial charge is 0.355 e. The summed E-state index contributed by atoms with van der Waals surface area (Å²) in [5.74, 6) is -0.270. The second kappa shape index (κ2) is 6.76. The Bertz CT molecular complexity index is 286. The van der Waals surface area contributed by atoms with Crippen LogP contribution in [0.5, 0.6) is 0 Å². The van der Waals surface area contributed by atoms with Crippen LogP contribution in [-0.4, -0.2) is 33.2 Å². The van der Waals surface area contributed by atoms with Crippen molar-refractivity contribution >= 4 is 15.9 Å². The van der Waals surface area contributed by atoms with Gasteiger partial charge in [0.05, 0.1) is 5.75 Å². The maximum Gasteiger partial charge on any atom is 0.220 e. The van der Waals surface area contributed by atoms with Crippen molar-refractivity contribution in [3.63, 3.8) is 0 Å². The maximum absolute atomic E-state index is 11.3. The Labute approximate surface area is 90.4 Å². The third kappa shape index (κ3) is 8.34. The highest BCUT2D eigenvalue weighted by molar-refractivity contribution is 7.89. The van der Waals surface area contributed by atoms with Gasteiger partial charge in [-0.1, -0.05) is 13.3 Å². The van der Waals surface area contributed by atoms with Crippen LogP contribution in [0.15, 0.2) is 0 Å². The summed E-state index contributed by atoms with van der Waals surface area (Å²) in [4.78, 5) is 11.3. The molecule has 0 heterocycles. The fourth-order valence-electron chi connectivity index (χ4n) is 1.06. The summed E-state index contributed by atoms with van der Waals surface area (Å²) < 4.78 is 21.1. The quantitative estimate of drug-likeness (QED) is 0.514. The number of carbonyl (C=O) groups excluding carboxylic acids is 1. The summed E-state index contributed by atoms with van der Waals surface area (Å²) >= 11 is 0. The number of primary sulfonamides is 1. The lowest BCUT2D eigenvalue weighted by Crippen LogP contribution is -2.33. The van der Waals surface area contributed by atoms with E-state index in [0.29, 0.717) is 13.0 Å². The Balaban J connectivity index is 3.75. The predicted molar refractivity (Wildman–Crippen MR) is 58.4 cm³/mol. The van der Waals surface area contributed by atoms with E-state index in [1.165, 1.54) is 0 Å². The van der Waals surface area contributed by atoms with Gasteiger partial charge in [0.15, 0.2) is 0 Å². The van der Waals surface area contributed by atoms with Gasteiger partial charge in [-0.25, -0.2) is 13.6 Å². The molecule has 0 aromatic heterocycles. The monoisotopic (exact) mass is 237 g/mol. The van der Waals surface area contributed by atoms with E-state index < -0.39 is 10.0 Å². The minimum atomic E-state index is -3.50. The van der Waals surface area contributed by atoms with Gasteiger partial charge in [-0.15, -0.1) is 0 Å². The van der Waals surface area contributed by atoms with Crippen LogP contribution >= 0.6 is 0 Å². The molecule has 0 saturated carbocycles. The average molecular weight is 237 g/mol. The first-order valence-corrected chi connectivity index (χ1v) is 6.57. The molecule has 6 nitrogen and oxygen atoms in total. The van der Waals surface area contributed by atoms with Gasteiger partial charge in [0.1, 0.15) is 0 Å². The van der Waals surface area contributed by atoms with Crippen LogP contribution in [0, 0.1) is 5.92 Å². The van der Waals surface area contributed by atoms with Crippen molar-refractivity contribution < 1.29 is 13.2 Å². The molecule has 0 aliphatic heterocycles. The molecular formula is C8H19N3O3S. The molecule has 0 rings (SSSR count). The van der Waals surface area contributed by atoms with Gasteiger partial charge in [-0.2, -0.15) is 0 Å². The molecule has 0 radical (unpaired) electrons. The second-order valence-electron chi connectivity index (χ2n) is 3.43. The molecule has 0 fully saturated rings. The van der Waals surface area contributed by atoms with Gasteiger partial charge in [-0.05, 0) is 12.5 Å². The van der Waals surface area contributed by atoms with Crippen molar-refractivity contribution in [3.8, 4) is 0 Å². The fourth-order valence-corrected chi connectivity index (χ4v) is 1.45. The van der Waals surface area contributed by atoms with E-state index in [1.54, 1.807) is 0 Å². The van der Waals surface area contributed by atoms with Gasteiger partial charge in [0.2, 0.25) is 15.9 Å². The highest BCUT2D eigenvalue weighted by Gasteiger charge is 2.10. The normalized spacial score (nSPS) is 13.5. The molecule has 0 aliphatic rings. The number of nitrogens with two attached hydrogens (primary N) is 2. The zero-order valence-electron chi connectivity index (χ0n) is 8.90. The first-order valence-electron chi connectivity index (χ1n) is 4.86. The smallest absolute Gasteiger partial charge is 0.220 e. The molecule has 0 saturated heterocycles. The summed E-state index contributed by atoms with van der Waals surface area (Å²) in [5, 5.41) is 7.26. The fraction of sp³-hybridized carbons (Fsp3) is 0.875. The van der Waals surface area contributed by atoms with Gasteiger partial charge in [0.25, 0.3) is 0 Å². The van der Waals surface area contributed by atoms with Crippen molar-refractivity contribution in [1.29, 1.82) is 0 Å². The summed E-state index contributed by atoms with van der Waals surface area (Å²) in [6, 6.07) is 0. The van der Waals surface area contributed by atoms with E-state index in [4.69, 9.17) is 10.9 Å². The first-order chi connectivity index (χ1) is 6.89. The summed E-state index contributed by atoms with van der Waals surface area (Å²) in [6.45, 7) is 2.47. The van der Waals surface area contributed by atoms with Crippen LogP contribution in [0.4, 0.5) is 0 Å². The third-order valence-electron chi connectivity index (χ3n) is 2.09. The maximum atomic E-state index is 11.3. The number of carbonyl (C=O) groups is 1. The van der Waals surface area contributed by atoms with Crippen molar-refractivity contribution in [2.75, 3.05) is 18.8 Å². The molecule has 0 spiro atoms. The lowest BCUT2D eigenvalue weighted by molar-refractivity contribution is -0.121. The third-order valence-corrected chi connectivity index (χ3v) is 2.87. The molecule has 5 N–H and O–H groups in total. The van der Waals surface area contributed by atoms with Crippen LogP contribution < -0.4 is 16.2 Å². The topological polar surface area (TPSA) is 115 Å². The van der Waals surface area contributed by atoms with Crippen LogP contribution in [0.2, 0.25) is 0 Å². The molecule has 1 atom stereocenters. The summed E-state index contributed by atoms with van der Waals surface area (Å²) in [7, 11) is -3.50. The molecule has 7 heteroatoms. The number of hydrogen-bond donors (Lipinski definition) is 3. The molecule has 0 aromatic rings. The molecule has 1 amide bonds. The highest BCUT2D eigenvalue weighted by atomic mass is 32.2. The van der Waals surface area contributed by atoms with Crippen molar-refractivity contribution in [2.45, 2.75) is 19.8 Å². The first kappa shape index (κ1) is 14.3. The lowest BCUT2D eigenvalue weighted by Gasteiger charge is -2.11. The van der Waals surface area contributed by atoms with E-state index in [9.17, 15) is 13.2 Å². The molecule has 0 bridgehead atoms. The SMILES string of the molecule is CCC(CN)CC(=O)NCCS(N)(=O)=O. The van der Waals surface area contributed by atoms with Crippen LogP contribution in [-0.2, 0) is 14.8 Å². The predicted octanol–water partition coefficient (Wildman–Crippen LogP) is -1.23. The minimum absolute atomic E-state index is 0.0542. The van der Waals surface area contributed by atoms with Gasteiger partial charge < -0.3 is 11.1 Å². The second-order valence-corrected chi connectivity index (χ2v) is 5.17. The standard InChI is InChI=1S/C8H19N3O3S/c1-2-7(6-9)5-8(12)11-3-4-15(10,13)14/h7H,2-6,9H2,1H3,(H,11,12)(H2,10,13,14). The highest BCUT2D eigenvalue weighted by Crippen LogP contribution is 2.04. The van der Waals surface area contributed by atoms with Gasteiger partial charge >= 0.3 is 0 Å². The Morgan fingerprint density at radius 3 is 2.47 bits per heavy atom. The summed E-state index contributed by atoms with van der Waals surface area (Å²) in [6.07, 6.45) is 1.16. The van der Waals surface area contributed by atoms with Crippen molar-refractivity contribution in [3.05, 3.63) is 0 Å². The molecule has 15 heavy (non-hydrogen) atoms. The zero-order valence-corrected chi connectivity index (χ0v) is 9.72. The van der Waals surface area contributed by atoms with Crippen molar-refractivity contribution in [2.24, 2.45) is 16.8 Å². The number of amides is 1. The zero-order chi connectivity index (χ0) is 11.9. The van der Waals surface area contributed by atoms with Gasteiger partial charge in [-0.3, -0.25) is 4.79 Å². The van der Waals surface area contributed by atoms with Crippen LogP contribution in [0.3, 0.4) is 0 Å². The number of rotatable bonds is 7. The molecule has 0 aromatic carbocycles. The van der Waals surface area contributed by atoms with E-state index in [2.05, 4.69) is 5.32 Å². The van der Waals surface area contributed by atoms with Crippen LogP contribution in [0.1, 0.15) is 19.8 Å². The molecule has 1 unspecified atom stereocenters. The van der Waals surface area contributed by atoms with Gasteiger partial charge in [0, 0.05) is 13.0 Å². The molecule has 0 aliphatic carbocycles. The Morgan fingerprint density at radius 1 is 1.47 bits per heavy atom. The number of nitrogens with one attached hydrogen (secondary N) is 1. The Kier molecular flexibility index (Phi) is 6.46. The van der Waals surface area contributed by atoms with Crippen molar-refractivity contribution in [1.82, 2.24) is 5.32 Å². The van der Waals surface area contributed by atoms with E-state index in [0.717, 1.165) is 6.42 Å². The minimum Gasteiger partial charge on any atom is -0.355 e. The summed E-state index contributed by atoms with van der Waals surface area (Å²) in [5.41, 5.74) is 5.43. The van der Waals surface area contributed by atoms with E-state index in [1.807, 2.05) is 6.92 Å². The Hall–Kier alpha value is -0.660. The Morgan fingerprint density at radius 2 is 2.07 bits per heavy atom. The molecule has 90 valence electrons. The average Bonchev–Trinajstić information content (AvgIpc) is 2.12.